The molecule has 1 unspecified atom stereocenters. The van der Waals surface area contributed by atoms with Crippen LogP contribution in [0.3, 0.4) is 0 Å². The minimum absolute atomic E-state index is 0.0492. The van der Waals surface area contributed by atoms with Gasteiger partial charge in [-0.15, -0.1) is 0 Å². The summed E-state index contributed by atoms with van der Waals surface area (Å²) < 4.78 is 11.9. The Morgan fingerprint density at radius 3 is 2.77 bits per heavy atom. The van der Waals surface area contributed by atoms with E-state index in [0.29, 0.717) is 18.6 Å². The van der Waals surface area contributed by atoms with Gasteiger partial charge in [0.2, 0.25) is 0 Å². The van der Waals surface area contributed by atoms with E-state index in [1.807, 2.05) is 37.8 Å². The molecule has 3 aliphatic heterocycles. The van der Waals surface area contributed by atoms with Crippen molar-refractivity contribution in [1.29, 1.82) is 0 Å². The zero-order valence-electron chi connectivity index (χ0n) is 20.4. The van der Waals surface area contributed by atoms with Crippen LogP contribution in [0.5, 0.6) is 5.75 Å². The molecule has 1 saturated heterocycles. The molecule has 180 valence electrons. The number of piperidine rings is 1. The summed E-state index contributed by atoms with van der Waals surface area (Å²) in [5.74, 6) is 1.52. The molecule has 2 aromatic rings. The summed E-state index contributed by atoms with van der Waals surface area (Å²) in [5.41, 5.74) is 9.22. The second-order valence-electron chi connectivity index (χ2n) is 11.5. The molecule has 0 N–H and O–H groups in total. The molecule has 0 spiro atoms. The number of likely N-dealkylation sites (tertiary alicyclic amines) is 1. The Hall–Kier alpha value is -2.79. The molecule has 5 nitrogen and oxygen atoms in total. The molecule has 0 radical (unpaired) electrons. The molecule has 2 fully saturated rings. The van der Waals surface area contributed by atoms with Crippen molar-refractivity contribution in [3.05, 3.63) is 57.7 Å². The summed E-state index contributed by atoms with van der Waals surface area (Å²) >= 11 is 6.21. The van der Waals surface area contributed by atoms with Crippen LogP contribution in [0.4, 0.5) is 4.79 Å². The highest BCUT2D eigenvalue weighted by Crippen LogP contribution is 2.51. The number of rotatable bonds is 1. The Morgan fingerprint density at radius 2 is 1.94 bits per heavy atom. The van der Waals surface area contributed by atoms with Gasteiger partial charge in [0.05, 0.1) is 6.04 Å². The van der Waals surface area contributed by atoms with Crippen molar-refractivity contribution in [3.8, 4) is 16.9 Å². The van der Waals surface area contributed by atoms with Crippen LogP contribution in [-0.4, -0.2) is 34.4 Å². The fourth-order valence-corrected chi connectivity index (χ4v) is 6.53. The molecule has 3 atom stereocenters. The molecular formula is C29H29ClN2O3. The van der Waals surface area contributed by atoms with Crippen LogP contribution < -0.4 is 4.74 Å². The summed E-state index contributed by atoms with van der Waals surface area (Å²) in [6, 6.07) is 10.9. The van der Waals surface area contributed by atoms with Gasteiger partial charge in [-0.1, -0.05) is 17.7 Å². The van der Waals surface area contributed by atoms with Gasteiger partial charge >= 0.3 is 6.09 Å². The van der Waals surface area contributed by atoms with Crippen LogP contribution in [0.2, 0.25) is 5.02 Å². The molecule has 35 heavy (non-hydrogen) atoms. The third-order valence-corrected chi connectivity index (χ3v) is 8.22. The largest absolute Gasteiger partial charge is 0.488 e. The minimum Gasteiger partial charge on any atom is -0.488 e. The zero-order valence-corrected chi connectivity index (χ0v) is 21.1. The second kappa shape index (κ2) is 7.36. The van der Waals surface area contributed by atoms with Gasteiger partial charge in [0.1, 0.15) is 18.0 Å². The van der Waals surface area contributed by atoms with E-state index in [1.165, 1.54) is 28.0 Å². The maximum Gasteiger partial charge on any atom is 0.411 e. The van der Waals surface area contributed by atoms with Crippen molar-refractivity contribution in [2.45, 2.75) is 77.2 Å². The summed E-state index contributed by atoms with van der Waals surface area (Å²) in [4.78, 5) is 20.2. The summed E-state index contributed by atoms with van der Waals surface area (Å²) in [5, 5.41) is 0.740. The fourth-order valence-electron chi connectivity index (χ4n) is 6.34. The number of hydrogen-bond donors (Lipinski definition) is 0. The van der Waals surface area contributed by atoms with Gasteiger partial charge in [-0.2, -0.15) is 0 Å². The molecule has 1 amide bonds. The number of ether oxygens (including phenoxy) is 2. The average Bonchev–Trinajstić information content (AvgIpc) is 3.25. The van der Waals surface area contributed by atoms with E-state index in [4.69, 9.17) is 26.1 Å². The third-order valence-electron chi connectivity index (χ3n) is 7.98. The lowest BCUT2D eigenvalue weighted by molar-refractivity contribution is 0.0230. The van der Waals surface area contributed by atoms with E-state index in [-0.39, 0.29) is 12.1 Å². The predicted molar refractivity (Wildman–Crippen MR) is 137 cm³/mol. The number of allylic oxidation sites excluding steroid dienone is 2. The Kier molecular flexibility index (Phi) is 4.52. The minimum atomic E-state index is -0.494. The van der Waals surface area contributed by atoms with Gasteiger partial charge in [-0.3, -0.25) is 9.89 Å². The highest BCUT2D eigenvalue weighted by Gasteiger charge is 2.56. The summed E-state index contributed by atoms with van der Waals surface area (Å²) in [6.07, 6.45) is 4.61. The predicted octanol–water partition coefficient (Wildman–Crippen LogP) is 6.80. The average molecular weight is 489 g/mol. The van der Waals surface area contributed by atoms with Crippen molar-refractivity contribution < 1.29 is 14.3 Å². The number of aryl methyl sites for hydroxylation is 1. The highest BCUT2D eigenvalue weighted by molar-refractivity contribution is 6.30. The van der Waals surface area contributed by atoms with E-state index in [1.54, 1.807) is 0 Å². The number of carbonyl (C=O) groups excluding carboxylic acids is 1. The van der Waals surface area contributed by atoms with Crippen molar-refractivity contribution in [1.82, 2.24) is 4.90 Å². The van der Waals surface area contributed by atoms with Crippen LogP contribution in [0.15, 0.2) is 41.0 Å². The number of hydrogen-bond acceptors (Lipinski definition) is 4. The number of fused-ring (bicyclic) bond motifs is 6. The molecule has 2 aliphatic carbocycles. The van der Waals surface area contributed by atoms with Crippen LogP contribution in [-0.2, 0) is 17.8 Å². The Morgan fingerprint density at radius 1 is 1.09 bits per heavy atom. The maximum absolute atomic E-state index is 13.1. The van der Waals surface area contributed by atoms with Crippen molar-refractivity contribution in [2.24, 2.45) is 10.9 Å². The molecule has 1 saturated carbocycles. The molecule has 7 rings (SSSR count). The molecule has 0 aromatic heterocycles. The quantitative estimate of drug-likeness (QED) is 0.443. The maximum atomic E-state index is 13.1. The molecule has 0 bridgehead atoms. The van der Waals surface area contributed by atoms with Gasteiger partial charge in [0.15, 0.2) is 0 Å². The monoisotopic (exact) mass is 488 g/mol. The van der Waals surface area contributed by atoms with Crippen molar-refractivity contribution in [3.63, 3.8) is 0 Å². The normalized spacial score (nSPS) is 25.7. The Labute approximate surface area is 210 Å². The van der Waals surface area contributed by atoms with Crippen LogP contribution in [0.1, 0.15) is 63.1 Å². The molecular weight excluding hydrogens is 460 g/mol. The first-order valence-electron chi connectivity index (χ1n) is 12.6. The Balaban J connectivity index is 1.18. The van der Waals surface area contributed by atoms with Crippen molar-refractivity contribution >= 4 is 29.0 Å². The number of aliphatic imine (C=N–C) groups is 1. The van der Waals surface area contributed by atoms with E-state index >= 15 is 0 Å². The number of benzene rings is 2. The lowest BCUT2D eigenvalue weighted by atomic mass is 9.84. The van der Waals surface area contributed by atoms with E-state index < -0.39 is 5.60 Å². The molecule has 3 heterocycles. The van der Waals surface area contributed by atoms with Crippen molar-refractivity contribution in [2.75, 3.05) is 0 Å². The van der Waals surface area contributed by atoms with E-state index in [9.17, 15) is 4.79 Å². The van der Waals surface area contributed by atoms with Gasteiger partial charge in [-0.05, 0) is 104 Å². The number of halogens is 1. The summed E-state index contributed by atoms with van der Waals surface area (Å²) in [7, 11) is 0. The second-order valence-corrected chi connectivity index (χ2v) is 11.9. The highest BCUT2D eigenvalue weighted by atomic mass is 35.5. The van der Waals surface area contributed by atoms with Gasteiger partial charge in [-0.25, -0.2) is 4.79 Å². The molecule has 2 aromatic carbocycles. The van der Waals surface area contributed by atoms with Gasteiger partial charge in [0.25, 0.3) is 0 Å². The van der Waals surface area contributed by atoms with Gasteiger partial charge < -0.3 is 9.47 Å². The molecule has 5 aliphatic rings. The first-order valence-corrected chi connectivity index (χ1v) is 13.0. The molecule has 6 heteroatoms. The first-order chi connectivity index (χ1) is 16.7. The van der Waals surface area contributed by atoms with Crippen LogP contribution in [0, 0.1) is 5.92 Å². The number of amides is 1. The van der Waals surface area contributed by atoms with Crippen LogP contribution in [0.25, 0.3) is 16.7 Å². The SMILES string of the molecule is CC(C)(C)OC(=O)N1C(C2=NC3=C(C2)c2cc4c(cc2CC3)-c2ccc(Cl)cc2CO4)C[C@H]2C[C@H]21. The van der Waals surface area contributed by atoms with Crippen LogP contribution >= 0.6 is 11.6 Å². The van der Waals surface area contributed by atoms with E-state index in [0.717, 1.165) is 59.7 Å². The zero-order chi connectivity index (χ0) is 24.1. The topological polar surface area (TPSA) is 51.1 Å². The summed E-state index contributed by atoms with van der Waals surface area (Å²) in [6.45, 7) is 6.33. The van der Waals surface area contributed by atoms with Gasteiger partial charge in [0, 0.05) is 34.5 Å². The number of nitrogens with zero attached hydrogens (tertiary/aromatic N) is 2. The fraction of sp³-hybridized carbons (Fsp3) is 0.448. The standard InChI is InChI=1S/C29H29ClN2O3/c1-29(2,3)35-28(33)32-25-10-16(25)11-26(32)24-12-21-20-13-27-22(9-15(20)4-7-23(21)31-24)19-6-5-18(30)8-17(19)14-34-27/h5-6,8-9,13,16,25-26H,4,7,10-12,14H2,1-3H3/t16-,25-,26?/m1/s1. The third kappa shape index (κ3) is 3.50. The first kappa shape index (κ1) is 21.5. The lowest BCUT2D eigenvalue weighted by Gasteiger charge is -2.31. The lowest BCUT2D eigenvalue weighted by Crippen LogP contribution is -2.45. The Bertz CT molecular complexity index is 1350. The smallest absolute Gasteiger partial charge is 0.411 e. The number of carbonyl (C=O) groups is 1. The van der Waals surface area contributed by atoms with E-state index in [2.05, 4.69) is 18.2 Å².